The smallest absolute Gasteiger partial charge is 0.107 e. The lowest BCUT2D eigenvalue weighted by molar-refractivity contribution is -0.0705. The molecule has 4 heteroatoms. The lowest BCUT2D eigenvalue weighted by Crippen LogP contribution is -2.44. The van der Waals surface area contributed by atoms with Crippen LogP contribution in [-0.2, 0) is 16.7 Å². The van der Waals surface area contributed by atoms with E-state index in [-0.39, 0.29) is 5.41 Å². The third-order valence-electron chi connectivity index (χ3n) is 3.17. The Labute approximate surface area is 114 Å². The SMILES string of the molecule is CC1CN(Cc2nc(C(C)(C)C)cs2)CC(C)O1. The molecule has 0 bridgehead atoms. The van der Waals surface area contributed by atoms with Crippen molar-refractivity contribution in [1.29, 1.82) is 0 Å². The summed E-state index contributed by atoms with van der Waals surface area (Å²) in [5, 5.41) is 3.42. The molecule has 2 rings (SSSR count). The molecule has 18 heavy (non-hydrogen) atoms. The average molecular weight is 268 g/mol. The molecule has 2 unspecified atom stereocenters. The minimum absolute atomic E-state index is 0.153. The van der Waals surface area contributed by atoms with Gasteiger partial charge in [-0.25, -0.2) is 4.98 Å². The maximum atomic E-state index is 5.75. The first-order valence-electron chi connectivity index (χ1n) is 6.67. The standard InChI is InChI=1S/C14H24N2OS/c1-10-6-16(7-11(2)17-10)8-13-15-12(9-18-13)14(3,4)5/h9-11H,6-8H2,1-5H3. The lowest BCUT2D eigenvalue weighted by atomic mass is 9.93. The van der Waals surface area contributed by atoms with Crippen LogP contribution in [-0.4, -0.2) is 35.2 Å². The van der Waals surface area contributed by atoms with Crippen LogP contribution in [0.3, 0.4) is 0 Å². The number of hydrogen-bond acceptors (Lipinski definition) is 4. The highest BCUT2D eigenvalue weighted by molar-refractivity contribution is 7.09. The van der Waals surface area contributed by atoms with E-state index in [1.165, 1.54) is 10.7 Å². The topological polar surface area (TPSA) is 25.4 Å². The van der Waals surface area contributed by atoms with Crippen LogP contribution in [0.2, 0.25) is 0 Å². The van der Waals surface area contributed by atoms with Crippen molar-refractivity contribution in [3.63, 3.8) is 0 Å². The summed E-state index contributed by atoms with van der Waals surface area (Å²) in [4.78, 5) is 7.21. The molecule has 1 aliphatic rings. The highest BCUT2D eigenvalue weighted by Crippen LogP contribution is 2.25. The molecule has 0 N–H and O–H groups in total. The first kappa shape index (κ1) is 14.0. The molecule has 0 spiro atoms. The van der Waals surface area contributed by atoms with Gasteiger partial charge >= 0.3 is 0 Å². The Morgan fingerprint density at radius 1 is 1.33 bits per heavy atom. The Morgan fingerprint density at radius 3 is 2.44 bits per heavy atom. The number of aromatic nitrogens is 1. The lowest BCUT2D eigenvalue weighted by Gasteiger charge is -2.34. The van der Waals surface area contributed by atoms with Gasteiger partial charge in [-0.3, -0.25) is 4.90 Å². The highest BCUT2D eigenvalue weighted by Gasteiger charge is 2.24. The summed E-state index contributed by atoms with van der Waals surface area (Å²) in [5.41, 5.74) is 1.36. The zero-order valence-corrected chi connectivity index (χ0v) is 12.9. The van der Waals surface area contributed by atoms with Crippen LogP contribution < -0.4 is 0 Å². The normalized spacial score (nSPS) is 26.5. The second kappa shape index (κ2) is 5.27. The van der Waals surface area contributed by atoms with E-state index in [0.29, 0.717) is 12.2 Å². The molecule has 0 radical (unpaired) electrons. The quantitative estimate of drug-likeness (QED) is 0.824. The van der Waals surface area contributed by atoms with Crippen LogP contribution >= 0.6 is 11.3 Å². The third-order valence-corrected chi connectivity index (χ3v) is 4.01. The zero-order chi connectivity index (χ0) is 13.3. The maximum Gasteiger partial charge on any atom is 0.107 e. The average Bonchev–Trinajstić information content (AvgIpc) is 2.63. The van der Waals surface area contributed by atoms with Gasteiger partial charge in [0.05, 0.1) is 24.4 Å². The van der Waals surface area contributed by atoms with Gasteiger partial charge in [0.1, 0.15) is 5.01 Å². The van der Waals surface area contributed by atoms with Crippen molar-refractivity contribution in [2.45, 2.75) is 58.8 Å². The molecule has 3 nitrogen and oxygen atoms in total. The second-order valence-electron chi connectivity index (χ2n) is 6.33. The van der Waals surface area contributed by atoms with Crippen LogP contribution in [0.5, 0.6) is 0 Å². The third kappa shape index (κ3) is 3.53. The minimum atomic E-state index is 0.153. The molecular weight excluding hydrogens is 244 g/mol. The predicted molar refractivity (Wildman–Crippen MR) is 76.1 cm³/mol. The van der Waals surface area contributed by atoms with E-state index in [2.05, 4.69) is 44.9 Å². The minimum Gasteiger partial charge on any atom is -0.373 e. The first-order valence-corrected chi connectivity index (χ1v) is 7.55. The molecule has 0 aromatic carbocycles. The number of morpholine rings is 1. The van der Waals surface area contributed by atoms with Crippen molar-refractivity contribution in [3.8, 4) is 0 Å². The van der Waals surface area contributed by atoms with Crippen molar-refractivity contribution in [1.82, 2.24) is 9.88 Å². The molecule has 1 aromatic rings. The van der Waals surface area contributed by atoms with Crippen LogP contribution in [0, 0.1) is 0 Å². The van der Waals surface area contributed by atoms with Gasteiger partial charge in [-0.1, -0.05) is 20.8 Å². The molecule has 0 saturated carbocycles. The number of hydrogen-bond donors (Lipinski definition) is 0. The van der Waals surface area contributed by atoms with Crippen molar-refractivity contribution < 1.29 is 4.74 Å². The van der Waals surface area contributed by atoms with Crippen molar-refractivity contribution in [2.24, 2.45) is 0 Å². The summed E-state index contributed by atoms with van der Waals surface area (Å²) >= 11 is 1.78. The second-order valence-corrected chi connectivity index (χ2v) is 7.27. The van der Waals surface area contributed by atoms with Crippen LogP contribution in [0.1, 0.15) is 45.3 Å². The van der Waals surface area contributed by atoms with E-state index < -0.39 is 0 Å². The summed E-state index contributed by atoms with van der Waals surface area (Å²) in [6, 6.07) is 0. The van der Waals surface area contributed by atoms with Crippen molar-refractivity contribution >= 4 is 11.3 Å². The fourth-order valence-corrected chi connectivity index (χ4v) is 3.39. The van der Waals surface area contributed by atoms with Crippen LogP contribution in [0.25, 0.3) is 0 Å². The van der Waals surface area contributed by atoms with Crippen LogP contribution in [0.4, 0.5) is 0 Å². The van der Waals surface area contributed by atoms with Gasteiger partial charge in [0.25, 0.3) is 0 Å². The summed E-state index contributed by atoms with van der Waals surface area (Å²) in [7, 11) is 0. The molecule has 1 saturated heterocycles. The Balaban J connectivity index is 1.99. The van der Waals surface area contributed by atoms with Gasteiger partial charge in [-0.2, -0.15) is 0 Å². The van der Waals surface area contributed by atoms with Crippen LogP contribution in [0.15, 0.2) is 5.38 Å². The van der Waals surface area contributed by atoms with Crippen molar-refractivity contribution in [2.75, 3.05) is 13.1 Å². The predicted octanol–water partition coefficient (Wildman–Crippen LogP) is 3.05. The Bertz CT molecular complexity index is 387. The van der Waals surface area contributed by atoms with Gasteiger partial charge in [-0.05, 0) is 13.8 Å². The number of ether oxygens (including phenoxy) is 1. The maximum absolute atomic E-state index is 5.75. The molecule has 0 aliphatic carbocycles. The van der Waals surface area contributed by atoms with Gasteiger partial charge in [0.2, 0.25) is 0 Å². The molecule has 0 amide bonds. The van der Waals surface area contributed by atoms with E-state index in [1.807, 2.05) is 0 Å². The van der Waals surface area contributed by atoms with E-state index in [1.54, 1.807) is 11.3 Å². The van der Waals surface area contributed by atoms with Crippen molar-refractivity contribution in [3.05, 3.63) is 16.1 Å². The zero-order valence-electron chi connectivity index (χ0n) is 12.1. The Hall–Kier alpha value is -0.450. The van der Waals surface area contributed by atoms with Gasteiger partial charge < -0.3 is 4.74 Å². The molecule has 2 heterocycles. The Kier molecular flexibility index (Phi) is 4.09. The molecule has 1 aliphatic heterocycles. The summed E-state index contributed by atoms with van der Waals surface area (Å²) < 4.78 is 5.75. The number of rotatable bonds is 2. The summed E-state index contributed by atoms with van der Waals surface area (Å²) in [6.07, 6.45) is 0.659. The van der Waals surface area contributed by atoms with Gasteiger partial charge in [0, 0.05) is 23.9 Å². The summed E-state index contributed by atoms with van der Waals surface area (Å²) in [5.74, 6) is 0. The highest BCUT2D eigenvalue weighted by atomic mass is 32.1. The van der Waals surface area contributed by atoms with E-state index >= 15 is 0 Å². The molecule has 2 atom stereocenters. The monoisotopic (exact) mass is 268 g/mol. The van der Waals surface area contributed by atoms with Gasteiger partial charge in [-0.15, -0.1) is 11.3 Å². The number of nitrogens with zero attached hydrogens (tertiary/aromatic N) is 2. The fraction of sp³-hybridized carbons (Fsp3) is 0.786. The first-order chi connectivity index (χ1) is 8.34. The molecule has 1 aromatic heterocycles. The van der Waals surface area contributed by atoms with Gasteiger partial charge in [0.15, 0.2) is 0 Å². The summed E-state index contributed by atoms with van der Waals surface area (Å²) in [6.45, 7) is 13.9. The molecule has 1 fully saturated rings. The van der Waals surface area contributed by atoms with E-state index in [9.17, 15) is 0 Å². The Morgan fingerprint density at radius 2 is 1.94 bits per heavy atom. The molecular formula is C14H24N2OS. The van der Waals surface area contributed by atoms with E-state index in [4.69, 9.17) is 9.72 Å². The number of thiazole rings is 1. The molecule has 102 valence electrons. The largest absolute Gasteiger partial charge is 0.373 e. The van der Waals surface area contributed by atoms with E-state index in [0.717, 1.165) is 19.6 Å². The fourth-order valence-electron chi connectivity index (χ4n) is 2.33.